The molecule has 0 aliphatic heterocycles. The van der Waals surface area contributed by atoms with Gasteiger partial charge in [-0.2, -0.15) is 17.5 Å². The van der Waals surface area contributed by atoms with E-state index in [-0.39, 0.29) is 0 Å². The number of benzene rings is 1. The summed E-state index contributed by atoms with van der Waals surface area (Å²) >= 11 is 0. The number of para-hydroxylation sites is 1. The van der Waals surface area contributed by atoms with Gasteiger partial charge in [-0.05, 0) is 32.9 Å². The Bertz CT molecular complexity index is 679. The summed E-state index contributed by atoms with van der Waals surface area (Å²) in [6.07, 6.45) is -3.68. The first-order chi connectivity index (χ1) is 10.2. The molecule has 0 unspecified atom stereocenters. The second kappa shape index (κ2) is 6.48. The third-order valence-corrected chi connectivity index (χ3v) is 4.42. The average Bonchev–Trinajstić information content (AvgIpc) is 2.32. The Morgan fingerprint density at radius 3 is 2.13 bits per heavy atom. The normalized spacial score (nSPS) is 13.2. The molecular formula is C14H19F3N2O3S. The van der Waals surface area contributed by atoms with Gasteiger partial charge >= 0.3 is 6.18 Å². The van der Waals surface area contributed by atoms with Gasteiger partial charge in [0.2, 0.25) is 15.9 Å². The molecule has 0 aliphatic carbocycles. The highest BCUT2D eigenvalue weighted by Gasteiger charge is 2.35. The van der Waals surface area contributed by atoms with Gasteiger partial charge in [-0.3, -0.25) is 4.79 Å². The number of carbonyl (C=O) groups excluding carboxylic acids is 1. The van der Waals surface area contributed by atoms with Crippen LogP contribution in [0.3, 0.4) is 0 Å². The molecule has 130 valence electrons. The zero-order chi connectivity index (χ0) is 18.1. The molecular weight excluding hydrogens is 333 g/mol. The van der Waals surface area contributed by atoms with Crippen LogP contribution in [0.5, 0.6) is 0 Å². The van der Waals surface area contributed by atoms with Crippen LogP contribution in [0, 0.1) is 0 Å². The minimum Gasteiger partial charge on any atom is -0.324 e. The topological polar surface area (TPSA) is 66.5 Å². The number of carbonyl (C=O) groups is 1. The highest BCUT2D eigenvalue weighted by Crippen LogP contribution is 2.34. The first-order valence-corrected chi connectivity index (χ1v) is 8.51. The number of rotatable bonds is 4. The first kappa shape index (κ1) is 19.4. The summed E-state index contributed by atoms with van der Waals surface area (Å²) in [5.74, 6) is -0.845. The molecule has 1 amide bonds. The van der Waals surface area contributed by atoms with Gasteiger partial charge in [-0.15, -0.1) is 0 Å². The van der Waals surface area contributed by atoms with E-state index >= 15 is 0 Å². The molecule has 0 atom stereocenters. The van der Waals surface area contributed by atoms with E-state index in [9.17, 15) is 26.4 Å². The van der Waals surface area contributed by atoms with Crippen LogP contribution in [-0.2, 0) is 21.0 Å². The van der Waals surface area contributed by atoms with Crippen LogP contribution in [0.25, 0.3) is 0 Å². The quantitative estimate of drug-likeness (QED) is 0.906. The summed E-state index contributed by atoms with van der Waals surface area (Å²) in [5, 5.41) is 2.13. The molecule has 0 radical (unpaired) electrons. The van der Waals surface area contributed by atoms with E-state index in [0.29, 0.717) is 0 Å². The molecule has 1 rings (SSSR count). The summed E-state index contributed by atoms with van der Waals surface area (Å²) in [6.45, 7) is 4.19. The van der Waals surface area contributed by atoms with E-state index in [4.69, 9.17) is 0 Å². The summed E-state index contributed by atoms with van der Waals surface area (Å²) in [5.41, 5.74) is -2.28. The molecule has 0 spiro atoms. The van der Waals surface area contributed by atoms with Crippen molar-refractivity contribution in [1.29, 1.82) is 0 Å². The van der Waals surface area contributed by atoms with Crippen molar-refractivity contribution in [1.82, 2.24) is 4.31 Å². The number of anilines is 1. The Morgan fingerprint density at radius 1 is 1.17 bits per heavy atom. The van der Waals surface area contributed by atoms with Gasteiger partial charge in [0.15, 0.2) is 0 Å². The number of sulfonamides is 1. The van der Waals surface area contributed by atoms with Crippen LogP contribution >= 0.6 is 0 Å². The molecule has 0 saturated heterocycles. The summed E-state index contributed by atoms with van der Waals surface area (Å²) in [4.78, 5) is 12.0. The van der Waals surface area contributed by atoms with Crippen molar-refractivity contribution in [2.24, 2.45) is 0 Å². The third-order valence-electron chi connectivity index (χ3n) is 2.94. The second-order valence-corrected chi connectivity index (χ2v) is 7.94. The Hall–Kier alpha value is -1.61. The second-order valence-electron chi connectivity index (χ2n) is 6.03. The van der Waals surface area contributed by atoms with Crippen molar-refractivity contribution < 1.29 is 26.4 Å². The molecule has 1 aromatic rings. The molecule has 23 heavy (non-hydrogen) atoms. The van der Waals surface area contributed by atoms with Crippen LogP contribution in [0.4, 0.5) is 18.9 Å². The lowest BCUT2D eigenvalue weighted by Crippen LogP contribution is -2.48. The number of nitrogens with one attached hydrogen (secondary N) is 1. The van der Waals surface area contributed by atoms with Crippen LogP contribution in [0.1, 0.15) is 26.3 Å². The van der Waals surface area contributed by atoms with E-state index in [0.717, 1.165) is 22.7 Å². The van der Waals surface area contributed by atoms with Gasteiger partial charge < -0.3 is 5.32 Å². The van der Waals surface area contributed by atoms with Crippen molar-refractivity contribution in [2.45, 2.75) is 32.5 Å². The van der Waals surface area contributed by atoms with E-state index in [1.165, 1.54) is 12.1 Å². The zero-order valence-corrected chi connectivity index (χ0v) is 14.0. The van der Waals surface area contributed by atoms with Crippen molar-refractivity contribution in [2.75, 3.05) is 18.1 Å². The standard InChI is InChI=1S/C14H19F3N2O3S/c1-13(2,3)19(23(4,21)22)9-12(20)18-11-8-6-5-7-10(11)14(15,16)17/h5-8H,9H2,1-4H3,(H,18,20). The van der Waals surface area contributed by atoms with Crippen molar-refractivity contribution in [3.05, 3.63) is 29.8 Å². The monoisotopic (exact) mass is 352 g/mol. The summed E-state index contributed by atoms with van der Waals surface area (Å²) in [6, 6.07) is 4.51. The number of halogens is 3. The number of alkyl halides is 3. The van der Waals surface area contributed by atoms with Gasteiger partial charge in [0.05, 0.1) is 24.1 Å². The summed E-state index contributed by atoms with van der Waals surface area (Å²) in [7, 11) is -3.70. The van der Waals surface area contributed by atoms with Gasteiger partial charge in [0.1, 0.15) is 0 Å². The smallest absolute Gasteiger partial charge is 0.324 e. The lowest BCUT2D eigenvalue weighted by Gasteiger charge is -2.32. The lowest BCUT2D eigenvalue weighted by molar-refractivity contribution is -0.137. The predicted octanol–water partition coefficient (Wildman–Crippen LogP) is 2.70. The van der Waals surface area contributed by atoms with E-state index < -0.39 is 45.4 Å². The molecule has 0 aliphatic rings. The predicted molar refractivity (Wildman–Crippen MR) is 81.4 cm³/mol. The van der Waals surface area contributed by atoms with Crippen LogP contribution in [-0.4, -0.2) is 37.0 Å². The third kappa shape index (κ3) is 5.51. The first-order valence-electron chi connectivity index (χ1n) is 6.67. The zero-order valence-electron chi connectivity index (χ0n) is 13.2. The number of hydrogen-bond donors (Lipinski definition) is 1. The molecule has 0 aromatic heterocycles. The number of nitrogens with zero attached hydrogens (tertiary/aromatic N) is 1. The van der Waals surface area contributed by atoms with Crippen molar-refractivity contribution in [3.63, 3.8) is 0 Å². The highest BCUT2D eigenvalue weighted by atomic mass is 32.2. The Balaban J connectivity index is 3.02. The fraction of sp³-hybridized carbons (Fsp3) is 0.500. The molecule has 1 N–H and O–H groups in total. The Kier molecular flexibility index (Phi) is 5.48. The average molecular weight is 352 g/mol. The van der Waals surface area contributed by atoms with Gasteiger partial charge in [-0.25, -0.2) is 8.42 Å². The lowest BCUT2D eigenvalue weighted by atomic mass is 10.1. The van der Waals surface area contributed by atoms with Crippen molar-refractivity contribution in [3.8, 4) is 0 Å². The van der Waals surface area contributed by atoms with Gasteiger partial charge in [-0.1, -0.05) is 12.1 Å². The molecule has 1 aromatic carbocycles. The van der Waals surface area contributed by atoms with Gasteiger partial charge in [0.25, 0.3) is 0 Å². The maximum absolute atomic E-state index is 12.9. The van der Waals surface area contributed by atoms with Crippen LogP contribution in [0.2, 0.25) is 0 Å². The molecule has 0 saturated carbocycles. The number of hydrogen-bond acceptors (Lipinski definition) is 3. The molecule has 0 fully saturated rings. The molecule has 5 nitrogen and oxygen atoms in total. The van der Waals surface area contributed by atoms with E-state index in [2.05, 4.69) is 5.32 Å². The minimum atomic E-state index is -4.62. The van der Waals surface area contributed by atoms with Crippen molar-refractivity contribution >= 4 is 21.6 Å². The van der Waals surface area contributed by atoms with E-state index in [1.807, 2.05) is 0 Å². The Morgan fingerprint density at radius 2 is 1.70 bits per heavy atom. The fourth-order valence-electron chi connectivity index (χ4n) is 2.01. The fourth-order valence-corrected chi connectivity index (χ4v) is 3.36. The van der Waals surface area contributed by atoms with Crippen LogP contribution < -0.4 is 5.32 Å². The number of amides is 1. The highest BCUT2D eigenvalue weighted by molar-refractivity contribution is 7.88. The van der Waals surface area contributed by atoms with E-state index in [1.54, 1.807) is 20.8 Å². The SMILES string of the molecule is CC(C)(C)N(CC(=O)Nc1ccccc1C(F)(F)F)S(C)(=O)=O. The molecule has 0 bridgehead atoms. The maximum Gasteiger partial charge on any atom is 0.418 e. The maximum atomic E-state index is 12.9. The summed E-state index contributed by atoms with van der Waals surface area (Å²) < 4.78 is 63.1. The molecule has 9 heteroatoms. The van der Waals surface area contributed by atoms with Gasteiger partial charge in [0, 0.05) is 5.54 Å². The molecule has 0 heterocycles. The minimum absolute atomic E-state index is 0.410. The Labute approximate surface area is 133 Å². The van der Waals surface area contributed by atoms with Crippen LogP contribution in [0.15, 0.2) is 24.3 Å². The largest absolute Gasteiger partial charge is 0.418 e.